The summed E-state index contributed by atoms with van der Waals surface area (Å²) in [4.78, 5) is 12.0. The predicted molar refractivity (Wildman–Crippen MR) is 64.6 cm³/mol. The van der Waals surface area contributed by atoms with E-state index in [0.29, 0.717) is 6.42 Å². The molecule has 1 amide bonds. The molecule has 0 aliphatic heterocycles. The molecule has 96 valence electrons. The van der Waals surface area contributed by atoms with Gasteiger partial charge in [0.2, 0.25) is 5.91 Å². The standard InChI is InChI=1S/C12H21N3O2/c1-2-3-10(11(13)15-17)14-12(16)9-5-7-4-8(7)6-9/h7-10,17H,2-6H2,1H3,(H2,13,15)(H,14,16). The highest BCUT2D eigenvalue weighted by Gasteiger charge is 2.48. The number of nitrogens with one attached hydrogen (secondary N) is 1. The molecule has 2 rings (SSSR count). The number of carbonyl (C=O) groups excluding carboxylic acids is 1. The Morgan fingerprint density at radius 3 is 2.65 bits per heavy atom. The number of hydrogen-bond donors (Lipinski definition) is 3. The zero-order valence-electron chi connectivity index (χ0n) is 10.2. The van der Waals surface area contributed by atoms with Crippen LogP contribution in [0.25, 0.3) is 0 Å². The van der Waals surface area contributed by atoms with Crippen molar-refractivity contribution < 1.29 is 10.0 Å². The number of amidine groups is 1. The highest BCUT2D eigenvalue weighted by atomic mass is 16.4. The molecule has 2 aliphatic rings. The fourth-order valence-electron chi connectivity index (χ4n) is 2.87. The maximum atomic E-state index is 12.0. The average Bonchev–Trinajstić information content (AvgIpc) is 2.94. The summed E-state index contributed by atoms with van der Waals surface area (Å²) in [6.07, 6.45) is 4.94. The Balaban J connectivity index is 1.86. The Morgan fingerprint density at radius 2 is 2.12 bits per heavy atom. The van der Waals surface area contributed by atoms with E-state index >= 15 is 0 Å². The molecule has 2 saturated carbocycles. The van der Waals surface area contributed by atoms with Gasteiger partial charge in [-0.2, -0.15) is 0 Å². The average molecular weight is 239 g/mol. The molecule has 0 heterocycles. The fraction of sp³-hybridized carbons (Fsp3) is 0.833. The second-order valence-corrected chi connectivity index (χ2v) is 5.30. The van der Waals surface area contributed by atoms with Crippen molar-refractivity contribution >= 4 is 11.7 Å². The van der Waals surface area contributed by atoms with Crippen LogP contribution in [0.5, 0.6) is 0 Å². The second kappa shape index (κ2) is 4.94. The number of rotatable bonds is 5. The molecular formula is C12H21N3O2. The van der Waals surface area contributed by atoms with E-state index in [2.05, 4.69) is 10.5 Å². The zero-order chi connectivity index (χ0) is 12.4. The van der Waals surface area contributed by atoms with Crippen LogP contribution in [0.3, 0.4) is 0 Å². The summed E-state index contributed by atoms with van der Waals surface area (Å²) in [6.45, 7) is 2.01. The van der Waals surface area contributed by atoms with Gasteiger partial charge in [-0.1, -0.05) is 18.5 Å². The van der Waals surface area contributed by atoms with Crippen LogP contribution in [-0.4, -0.2) is 23.0 Å². The molecule has 5 nitrogen and oxygen atoms in total. The maximum Gasteiger partial charge on any atom is 0.223 e. The van der Waals surface area contributed by atoms with E-state index in [4.69, 9.17) is 10.9 Å². The minimum atomic E-state index is -0.325. The lowest BCUT2D eigenvalue weighted by Gasteiger charge is -2.19. The van der Waals surface area contributed by atoms with Crippen molar-refractivity contribution in [3.8, 4) is 0 Å². The monoisotopic (exact) mass is 239 g/mol. The molecule has 0 aromatic rings. The van der Waals surface area contributed by atoms with Gasteiger partial charge in [0.1, 0.15) is 0 Å². The van der Waals surface area contributed by atoms with Crippen LogP contribution in [0.4, 0.5) is 0 Å². The predicted octanol–water partition coefficient (Wildman–Crippen LogP) is 1.06. The SMILES string of the molecule is CCCC(NC(=O)C1CC2CC2C1)C(N)=NO. The molecule has 0 radical (unpaired) electrons. The van der Waals surface area contributed by atoms with E-state index in [9.17, 15) is 4.79 Å². The molecule has 3 unspecified atom stereocenters. The van der Waals surface area contributed by atoms with Crippen LogP contribution in [0, 0.1) is 17.8 Å². The number of carbonyl (C=O) groups is 1. The Hall–Kier alpha value is -1.26. The van der Waals surface area contributed by atoms with Crippen molar-refractivity contribution in [2.24, 2.45) is 28.6 Å². The van der Waals surface area contributed by atoms with Gasteiger partial charge in [-0.15, -0.1) is 0 Å². The minimum Gasteiger partial charge on any atom is -0.409 e. The van der Waals surface area contributed by atoms with E-state index in [0.717, 1.165) is 31.1 Å². The van der Waals surface area contributed by atoms with Crippen molar-refractivity contribution in [1.82, 2.24) is 5.32 Å². The third-order valence-electron chi connectivity index (χ3n) is 3.98. The van der Waals surface area contributed by atoms with Crippen LogP contribution in [0.15, 0.2) is 5.16 Å². The van der Waals surface area contributed by atoms with Crippen molar-refractivity contribution in [3.63, 3.8) is 0 Å². The normalized spacial score (nSPS) is 33.0. The van der Waals surface area contributed by atoms with E-state index in [1.165, 1.54) is 6.42 Å². The summed E-state index contributed by atoms with van der Waals surface area (Å²) in [5.74, 6) is 1.90. The number of oxime groups is 1. The Labute approximate surface area is 101 Å². The van der Waals surface area contributed by atoms with E-state index in [-0.39, 0.29) is 23.7 Å². The summed E-state index contributed by atoms with van der Waals surface area (Å²) in [7, 11) is 0. The highest BCUT2D eigenvalue weighted by molar-refractivity contribution is 5.90. The Morgan fingerprint density at radius 1 is 1.47 bits per heavy atom. The molecule has 0 aromatic carbocycles. The first-order valence-corrected chi connectivity index (χ1v) is 6.43. The number of hydrogen-bond acceptors (Lipinski definition) is 3. The lowest BCUT2D eigenvalue weighted by Crippen LogP contribution is -2.46. The fourth-order valence-corrected chi connectivity index (χ4v) is 2.87. The largest absolute Gasteiger partial charge is 0.409 e. The van der Waals surface area contributed by atoms with Gasteiger partial charge in [-0.3, -0.25) is 4.79 Å². The summed E-state index contributed by atoms with van der Waals surface area (Å²) >= 11 is 0. The molecule has 0 bridgehead atoms. The van der Waals surface area contributed by atoms with Crippen molar-refractivity contribution in [2.45, 2.75) is 45.1 Å². The lowest BCUT2D eigenvalue weighted by molar-refractivity contribution is -0.125. The van der Waals surface area contributed by atoms with E-state index in [1.807, 2.05) is 6.92 Å². The van der Waals surface area contributed by atoms with Gasteiger partial charge < -0.3 is 16.3 Å². The lowest BCUT2D eigenvalue weighted by atomic mass is 10.0. The number of nitrogens with two attached hydrogens (primary N) is 1. The molecule has 2 fully saturated rings. The van der Waals surface area contributed by atoms with Crippen LogP contribution in [0.1, 0.15) is 39.0 Å². The van der Waals surface area contributed by atoms with Crippen molar-refractivity contribution in [3.05, 3.63) is 0 Å². The topological polar surface area (TPSA) is 87.7 Å². The molecule has 4 N–H and O–H groups in total. The Bertz CT molecular complexity index is 320. The number of nitrogens with zero attached hydrogens (tertiary/aromatic N) is 1. The molecule has 0 saturated heterocycles. The third-order valence-corrected chi connectivity index (χ3v) is 3.98. The quantitative estimate of drug-likeness (QED) is 0.290. The minimum absolute atomic E-state index is 0.0715. The van der Waals surface area contributed by atoms with Crippen LogP contribution in [-0.2, 0) is 4.79 Å². The van der Waals surface area contributed by atoms with Gasteiger partial charge in [0.05, 0.1) is 6.04 Å². The van der Waals surface area contributed by atoms with Crippen molar-refractivity contribution in [1.29, 1.82) is 0 Å². The Kier molecular flexibility index (Phi) is 3.54. The van der Waals surface area contributed by atoms with Crippen molar-refractivity contribution in [2.75, 3.05) is 0 Å². The van der Waals surface area contributed by atoms with Gasteiger partial charge in [-0.25, -0.2) is 0 Å². The van der Waals surface area contributed by atoms with Crippen LogP contribution in [0.2, 0.25) is 0 Å². The maximum absolute atomic E-state index is 12.0. The van der Waals surface area contributed by atoms with Crippen LogP contribution >= 0.6 is 0 Å². The van der Waals surface area contributed by atoms with Gasteiger partial charge in [0.25, 0.3) is 0 Å². The molecular weight excluding hydrogens is 218 g/mol. The van der Waals surface area contributed by atoms with E-state index in [1.54, 1.807) is 0 Å². The highest BCUT2D eigenvalue weighted by Crippen LogP contribution is 2.54. The summed E-state index contributed by atoms with van der Waals surface area (Å²) in [5.41, 5.74) is 5.57. The summed E-state index contributed by atoms with van der Waals surface area (Å²) < 4.78 is 0. The van der Waals surface area contributed by atoms with Gasteiger partial charge >= 0.3 is 0 Å². The summed E-state index contributed by atoms with van der Waals surface area (Å²) in [5, 5.41) is 14.6. The smallest absolute Gasteiger partial charge is 0.223 e. The van der Waals surface area contributed by atoms with Gasteiger partial charge in [0, 0.05) is 5.92 Å². The summed E-state index contributed by atoms with van der Waals surface area (Å²) in [6, 6.07) is -0.325. The number of fused-ring (bicyclic) bond motifs is 1. The third kappa shape index (κ3) is 2.70. The van der Waals surface area contributed by atoms with E-state index < -0.39 is 0 Å². The molecule has 5 heteroatoms. The van der Waals surface area contributed by atoms with Gasteiger partial charge in [0.15, 0.2) is 5.84 Å². The first-order chi connectivity index (χ1) is 8.15. The molecule has 17 heavy (non-hydrogen) atoms. The second-order valence-electron chi connectivity index (χ2n) is 5.30. The molecule has 2 aliphatic carbocycles. The molecule has 0 aromatic heterocycles. The van der Waals surface area contributed by atoms with Crippen LogP contribution < -0.4 is 11.1 Å². The van der Waals surface area contributed by atoms with Gasteiger partial charge in [-0.05, 0) is 37.5 Å². The molecule has 0 spiro atoms. The first kappa shape index (κ1) is 12.2. The first-order valence-electron chi connectivity index (χ1n) is 6.43. The molecule has 3 atom stereocenters. The number of amides is 1. The zero-order valence-corrected chi connectivity index (χ0v) is 10.2.